The van der Waals surface area contributed by atoms with Crippen LogP contribution in [-0.2, 0) is 19.1 Å². The molecule has 0 amide bonds. The van der Waals surface area contributed by atoms with Crippen molar-refractivity contribution in [2.45, 2.75) is 328 Å². The van der Waals surface area contributed by atoms with Gasteiger partial charge in [-0.15, -0.1) is 0 Å². The molecule has 0 aliphatic heterocycles. The highest BCUT2D eigenvalue weighted by Gasteiger charge is 2.16. The molecule has 5 nitrogen and oxygen atoms in total. The zero-order valence-corrected chi connectivity index (χ0v) is 47.9. The van der Waals surface area contributed by atoms with Gasteiger partial charge in [0.05, 0.1) is 6.61 Å². The van der Waals surface area contributed by atoms with Crippen LogP contribution < -0.4 is 0 Å². The second-order valence-corrected chi connectivity index (χ2v) is 21.1. The van der Waals surface area contributed by atoms with Gasteiger partial charge in [0, 0.05) is 12.8 Å². The maximum atomic E-state index is 12.3. The van der Waals surface area contributed by atoms with Crippen molar-refractivity contribution in [2.24, 2.45) is 0 Å². The Kier molecular flexibility index (Phi) is 60.3. The van der Waals surface area contributed by atoms with Crippen molar-refractivity contribution >= 4 is 11.9 Å². The molecule has 72 heavy (non-hydrogen) atoms. The Morgan fingerprint density at radius 1 is 0.333 bits per heavy atom. The molecule has 1 N–H and O–H groups in total. The SMILES string of the molecule is CC/C=C\C/C=C\C/C=C\C/C=C\C/C=C\CCCCCCCCCCCCCCCCCCCCCC(=O)OC(CO)COC(=O)CCCCCCCCCCCCC/C=C\CCCCCCCCCC. The first-order valence-corrected chi connectivity index (χ1v) is 31.5. The number of aliphatic hydroxyl groups excluding tert-OH is 1. The number of carbonyl (C=O) groups is 2. The summed E-state index contributed by atoms with van der Waals surface area (Å²) in [6.07, 6.45) is 86.2. The Balaban J connectivity index is 3.44. The maximum absolute atomic E-state index is 12.3. The Morgan fingerprint density at radius 3 is 0.917 bits per heavy atom. The van der Waals surface area contributed by atoms with Crippen molar-refractivity contribution < 1.29 is 24.2 Å². The minimum absolute atomic E-state index is 0.0637. The molecule has 0 heterocycles. The number of aliphatic hydroxyl groups is 1. The van der Waals surface area contributed by atoms with Crippen LogP contribution in [0, 0.1) is 0 Å². The first-order valence-electron chi connectivity index (χ1n) is 31.5. The minimum atomic E-state index is -0.773. The normalized spacial score (nSPS) is 12.7. The third-order valence-electron chi connectivity index (χ3n) is 14.0. The standard InChI is InChI=1S/C67H120O5/c1-3-5-7-9-11-13-15-17-19-21-23-25-27-28-29-30-31-32-33-34-35-36-37-38-40-42-44-46-48-50-52-54-56-58-60-62-67(70)72-65(63-68)64-71-66(69)61-59-57-55-53-51-49-47-45-43-41-39-26-24-22-20-18-16-14-12-10-8-6-4-2/h5,7,11,13,17,19,22-25,28-29,65,68H,3-4,6,8-10,12,14-16,18,20-21,26-27,30-64H2,1-2H3/b7-5-,13-11-,19-17-,24-22-,25-23-,29-28-. The summed E-state index contributed by atoms with van der Waals surface area (Å²) in [7, 11) is 0. The molecule has 0 spiro atoms. The number of rotatable bonds is 58. The lowest BCUT2D eigenvalue weighted by molar-refractivity contribution is -0.161. The molecule has 0 bridgehead atoms. The monoisotopic (exact) mass is 1000 g/mol. The molecule has 0 saturated heterocycles. The predicted octanol–water partition coefficient (Wildman–Crippen LogP) is 21.5. The number of allylic oxidation sites excluding steroid dienone is 12. The highest BCUT2D eigenvalue weighted by Crippen LogP contribution is 2.17. The number of unbranched alkanes of at least 4 members (excludes halogenated alkanes) is 38. The Bertz CT molecular complexity index is 1270. The van der Waals surface area contributed by atoms with Gasteiger partial charge in [-0.1, -0.05) is 299 Å². The van der Waals surface area contributed by atoms with E-state index in [2.05, 4.69) is 86.8 Å². The lowest BCUT2D eigenvalue weighted by Crippen LogP contribution is -2.28. The van der Waals surface area contributed by atoms with Crippen LogP contribution in [0.2, 0.25) is 0 Å². The molecular weight excluding hydrogens is 885 g/mol. The number of carbonyl (C=O) groups excluding carboxylic acids is 2. The highest BCUT2D eigenvalue weighted by molar-refractivity contribution is 5.70. The summed E-state index contributed by atoms with van der Waals surface area (Å²) in [5.41, 5.74) is 0. The van der Waals surface area contributed by atoms with Gasteiger partial charge >= 0.3 is 11.9 Å². The van der Waals surface area contributed by atoms with E-state index in [1.807, 2.05) is 0 Å². The zero-order chi connectivity index (χ0) is 52.0. The van der Waals surface area contributed by atoms with Gasteiger partial charge in [-0.25, -0.2) is 0 Å². The molecule has 418 valence electrons. The molecule has 0 fully saturated rings. The van der Waals surface area contributed by atoms with E-state index >= 15 is 0 Å². The molecule has 1 atom stereocenters. The molecule has 0 aromatic rings. The van der Waals surface area contributed by atoms with Crippen molar-refractivity contribution in [1.29, 1.82) is 0 Å². The molecule has 0 saturated carbocycles. The van der Waals surface area contributed by atoms with Gasteiger partial charge in [0.25, 0.3) is 0 Å². The van der Waals surface area contributed by atoms with Crippen molar-refractivity contribution in [2.75, 3.05) is 13.2 Å². The minimum Gasteiger partial charge on any atom is -0.462 e. The molecule has 0 aromatic carbocycles. The smallest absolute Gasteiger partial charge is 0.306 e. The van der Waals surface area contributed by atoms with Crippen LogP contribution in [0.5, 0.6) is 0 Å². The van der Waals surface area contributed by atoms with Crippen molar-refractivity contribution in [1.82, 2.24) is 0 Å². The second kappa shape index (κ2) is 62.6. The van der Waals surface area contributed by atoms with Gasteiger partial charge in [0.1, 0.15) is 6.61 Å². The summed E-state index contributed by atoms with van der Waals surface area (Å²) in [6.45, 7) is 4.06. The largest absolute Gasteiger partial charge is 0.462 e. The molecular formula is C67H120O5. The van der Waals surface area contributed by atoms with Crippen LogP contribution in [0.25, 0.3) is 0 Å². The molecule has 1 unspecified atom stereocenters. The van der Waals surface area contributed by atoms with Gasteiger partial charge in [-0.05, 0) is 83.5 Å². The third-order valence-corrected chi connectivity index (χ3v) is 14.0. The number of hydrogen-bond acceptors (Lipinski definition) is 5. The van der Waals surface area contributed by atoms with E-state index in [1.54, 1.807) is 0 Å². The van der Waals surface area contributed by atoms with E-state index in [9.17, 15) is 14.7 Å². The molecule has 0 aromatic heterocycles. The van der Waals surface area contributed by atoms with Crippen LogP contribution in [0.3, 0.4) is 0 Å². The second-order valence-electron chi connectivity index (χ2n) is 21.1. The van der Waals surface area contributed by atoms with E-state index in [4.69, 9.17) is 9.47 Å². The summed E-state index contributed by atoms with van der Waals surface area (Å²) < 4.78 is 10.7. The fourth-order valence-electron chi connectivity index (χ4n) is 9.29. The highest BCUT2D eigenvalue weighted by atomic mass is 16.6. The summed E-state index contributed by atoms with van der Waals surface area (Å²) in [4.78, 5) is 24.6. The lowest BCUT2D eigenvalue weighted by Gasteiger charge is -2.15. The van der Waals surface area contributed by atoms with Crippen molar-refractivity contribution in [3.8, 4) is 0 Å². The predicted molar refractivity (Wildman–Crippen MR) is 316 cm³/mol. The van der Waals surface area contributed by atoms with E-state index in [0.29, 0.717) is 12.8 Å². The molecule has 0 radical (unpaired) electrons. The number of ether oxygens (including phenoxy) is 2. The quantitative estimate of drug-likeness (QED) is 0.0373. The van der Waals surface area contributed by atoms with Crippen LogP contribution in [0.1, 0.15) is 322 Å². The van der Waals surface area contributed by atoms with E-state index < -0.39 is 6.10 Å². The van der Waals surface area contributed by atoms with Gasteiger partial charge < -0.3 is 14.6 Å². The zero-order valence-electron chi connectivity index (χ0n) is 47.9. The van der Waals surface area contributed by atoms with E-state index in [1.165, 1.54) is 225 Å². The average molecular weight is 1010 g/mol. The molecule has 0 aliphatic rings. The van der Waals surface area contributed by atoms with Gasteiger partial charge in [0.15, 0.2) is 6.10 Å². The number of hydrogen-bond donors (Lipinski definition) is 1. The van der Waals surface area contributed by atoms with Crippen LogP contribution in [0.4, 0.5) is 0 Å². The fourth-order valence-corrected chi connectivity index (χ4v) is 9.29. The fraction of sp³-hybridized carbons (Fsp3) is 0.791. The summed E-state index contributed by atoms with van der Waals surface area (Å²) in [5, 5.41) is 9.68. The first kappa shape index (κ1) is 69.3. The van der Waals surface area contributed by atoms with Crippen LogP contribution >= 0.6 is 0 Å². The summed E-state index contributed by atoms with van der Waals surface area (Å²) in [5.74, 6) is -0.577. The third kappa shape index (κ3) is 59.9. The van der Waals surface area contributed by atoms with E-state index in [-0.39, 0.29) is 25.2 Å². The van der Waals surface area contributed by atoms with Crippen molar-refractivity contribution in [3.63, 3.8) is 0 Å². The lowest BCUT2D eigenvalue weighted by atomic mass is 10.0. The summed E-state index contributed by atoms with van der Waals surface area (Å²) >= 11 is 0. The molecule has 0 aliphatic carbocycles. The maximum Gasteiger partial charge on any atom is 0.306 e. The average Bonchev–Trinajstić information content (AvgIpc) is 3.38. The topological polar surface area (TPSA) is 72.8 Å². The van der Waals surface area contributed by atoms with Crippen LogP contribution in [0.15, 0.2) is 72.9 Å². The van der Waals surface area contributed by atoms with Crippen molar-refractivity contribution in [3.05, 3.63) is 72.9 Å². The van der Waals surface area contributed by atoms with Gasteiger partial charge in [-0.2, -0.15) is 0 Å². The van der Waals surface area contributed by atoms with Crippen LogP contribution in [-0.4, -0.2) is 36.4 Å². The molecule has 5 heteroatoms. The van der Waals surface area contributed by atoms with E-state index in [0.717, 1.165) is 70.6 Å². The van der Waals surface area contributed by atoms with Gasteiger partial charge in [0.2, 0.25) is 0 Å². The molecule has 0 rings (SSSR count). The number of esters is 2. The summed E-state index contributed by atoms with van der Waals surface area (Å²) in [6, 6.07) is 0. The Morgan fingerprint density at radius 2 is 0.597 bits per heavy atom. The Labute approximate surface area is 448 Å². The van der Waals surface area contributed by atoms with Gasteiger partial charge in [-0.3, -0.25) is 9.59 Å². The Hall–Kier alpha value is -2.66. The first-order chi connectivity index (χ1) is 35.6.